The lowest BCUT2D eigenvalue weighted by Gasteiger charge is -2.27. The molecule has 3 N–H and O–H groups in total. The molecule has 74 valence electrons. The van der Waals surface area contributed by atoms with Crippen molar-refractivity contribution in [1.82, 2.24) is 5.32 Å². The van der Waals surface area contributed by atoms with Gasteiger partial charge in [-0.2, -0.15) is 0 Å². The summed E-state index contributed by atoms with van der Waals surface area (Å²) in [7, 11) is 1.99. The number of rotatable bonds is 7. The Labute approximate surface area is 76.9 Å². The third kappa shape index (κ3) is 4.73. The van der Waals surface area contributed by atoms with Crippen LogP contribution in [0.25, 0.3) is 0 Å². The van der Waals surface area contributed by atoms with E-state index < -0.39 is 0 Å². The molecule has 0 saturated carbocycles. The second kappa shape index (κ2) is 6.44. The van der Waals surface area contributed by atoms with Crippen LogP contribution in [0.3, 0.4) is 0 Å². The highest BCUT2D eigenvalue weighted by Crippen LogP contribution is 2.13. The first-order valence-electron chi connectivity index (χ1n) is 5.07. The van der Waals surface area contributed by atoms with Crippen molar-refractivity contribution in [3.05, 3.63) is 0 Å². The summed E-state index contributed by atoms with van der Waals surface area (Å²) in [6.45, 7) is 5.16. The van der Waals surface area contributed by atoms with Gasteiger partial charge in [-0.25, -0.2) is 0 Å². The molecule has 0 fully saturated rings. The Balaban J connectivity index is 3.45. The Morgan fingerprint density at radius 2 is 1.92 bits per heavy atom. The van der Waals surface area contributed by atoms with Crippen molar-refractivity contribution in [2.75, 3.05) is 13.6 Å². The van der Waals surface area contributed by atoms with E-state index in [2.05, 4.69) is 19.2 Å². The molecule has 2 nitrogen and oxygen atoms in total. The molecule has 12 heavy (non-hydrogen) atoms. The molecule has 0 aliphatic rings. The lowest BCUT2D eigenvalue weighted by molar-refractivity contribution is 0.351. The van der Waals surface area contributed by atoms with Gasteiger partial charge in [-0.05, 0) is 20.4 Å². The molecule has 0 saturated heterocycles. The lowest BCUT2D eigenvalue weighted by atomic mass is 9.94. The van der Waals surface area contributed by atoms with E-state index in [0.717, 1.165) is 6.54 Å². The van der Waals surface area contributed by atoms with Crippen molar-refractivity contribution in [2.45, 2.75) is 51.5 Å². The van der Waals surface area contributed by atoms with Crippen molar-refractivity contribution in [2.24, 2.45) is 5.73 Å². The number of nitrogens with one attached hydrogen (secondary N) is 1. The van der Waals surface area contributed by atoms with Crippen molar-refractivity contribution >= 4 is 0 Å². The quantitative estimate of drug-likeness (QED) is 0.576. The summed E-state index contributed by atoms with van der Waals surface area (Å²) in [5.74, 6) is 0. The molecule has 0 rings (SSSR count). The van der Waals surface area contributed by atoms with Crippen LogP contribution in [0.1, 0.15) is 46.0 Å². The molecular formula is C10H24N2. The molecule has 0 amide bonds. The third-order valence-corrected chi connectivity index (χ3v) is 2.64. The Hall–Kier alpha value is -0.0800. The third-order valence-electron chi connectivity index (χ3n) is 2.64. The molecule has 0 aliphatic carbocycles. The van der Waals surface area contributed by atoms with E-state index in [1.807, 2.05) is 7.05 Å². The normalized spacial score (nSPS) is 16.0. The number of hydrogen-bond acceptors (Lipinski definition) is 2. The zero-order chi connectivity index (χ0) is 9.45. The summed E-state index contributed by atoms with van der Waals surface area (Å²) < 4.78 is 0. The molecule has 0 aliphatic heterocycles. The van der Waals surface area contributed by atoms with E-state index in [1.165, 1.54) is 32.1 Å². The minimum atomic E-state index is 0.160. The van der Waals surface area contributed by atoms with Crippen LogP contribution in [0.2, 0.25) is 0 Å². The summed E-state index contributed by atoms with van der Waals surface area (Å²) in [6, 6.07) is 0. The van der Waals surface area contributed by atoms with Crippen molar-refractivity contribution < 1.29 is 0 Å². The molecule has 0 aromatic rings. The first kappa shape index (κ1) is 11.9. The van der Waals surface area contributed by atoms with Gasteiger partial charge in [-0.1, -0.05) is 32.6 Å². The van der Waals surface area contributed by atoms with Crippen molar-refractivity contribution in [3.8, 4) is 0 Å². The summed E-state index contributed by atoms with van der Waals surface area (Å²) in [6.07, 6.45) is 6.49. The van der Waals surface area contributed by atoms with Crippen LogP contribution in [-0.4, -0.2) is 19.1 Å². The predicted octanol–water partition coefficient (Wildman–Crippen LogP) is 1.89. The molecule has 1 atom stereocenters. The van der Waals surface area contributed by atoms with Gasteiger partial charge in [0.2, 0.25) is 0 Å². The fraction of sp³-hybridized carbons (Fsp3) is 1.00. The Kier molecular flexibility index (Phi) is 6.39. The highest BCUT2D eigenvalue weighted by molar-refractivity contribution is 4.81. The molecule has 0 aromatic carbocycles. The van der Waals surface area contributed by atoms with Gasteiger partial charge in [0.05, 0.1) is 0 Å². The molecule has 0 aromatic heterocycles. The number of unbranched alkanes of at least 4 members (excludes halogenated alkanes) is 3. The summed E-state index contributed by atoms with van der Waals surface area (Å²) in [5.41, 5.74) is 5.83. The average molecular weight is 172 g/mol. The van der Waals surface area contributed by atoms with E-state index in [9.17, 15) is 0 Å². The van der Waals surface area contributed by atoms with Crippen LogP contribution in [0.4, 0.5) is 0 Å². The summed E-state index contributed by atoms with van der Waals surface area (Å²) >= 11 is 0. The second-order valence-corrected chi connectivity index (χ2v) is 3.83. The fourth-order valence-corrected chi connectivity index (χ4v) is 1.27. The minimum absolute atomic E-state index is 0.160. The van der Waals surface area contributed by atoms with Gasteiger partial charge in [0.1, 0.15) is 0 Å². The molecule has 0 bridgehead atoms. The van der Waals surface area contributed by atoms with Gasteiger partial charge in [-0.15, -0.1) is 0 Å². The van der Waals surface area contributed by atoms with Crippen LogP contribution in [-0.2, 0) is 0 Å². The van der Waals surface area contributed by atoms with Gasteiger partial charge >= 0.3 is 0 Å². The van der Waals surface area contributed by atoms with Gasteiger partial charge in [-0.3, -0.25) is 0 Å². The maximum Gasteiger partial charge on any atom is 0.0272 e. The summed E-state index contributed by atoms with van der Waals surface area (Å²) in [5, 5.41) is 3.28. The zero-order valence-electron chi connectivity index (χ0n) is 8.82. The minimum Gasteiger partial charge on any atom is -0.329 e. The van der Waals surface area contributed by atoms with Gasteiger partial charge in [0.25, 0.3) is 0 Å². The lowest BCUT2D eigenvalue weighted by Crippen LogP contribution is -2.46. The van der Waals surface area contributed by atoms with Gasteiger partial charge in [0, 0.05) is 12.1 Å². The molecule has 2 heteroatoms. The first-order chi connectivity index (χ1) is 5.68. The van der Waals surface area contributed by atoms with Crippen LogP contribution in [0.5, 0.6) is 0 Å². The van der Waals surface area contributed by atoms with Crippen LogP contribution in [0.15, 0.2) is 0 Å². The molecule has 1 unspecified atom stereocenters. The zero-order valence-corrected chi connectivity index (χ0v) is 8.82. The number of nitrogens with two attached hydrogens (primary N) is 1. The van der Waals surface area contributed by atoms with E-state index in [1.54, 1.807) is 0 Å². The first-order valence-corrected chi connectivity index (χ1v) is 5.07. The standard InChI is InChI=1S/C10H24N2/c1-4-5-6-7-8-10(2,9-11)12-3/h12H,4-9,11H2,1-3H3. The van der Waals surface area contributed by atoms with E-state index >= 15 is 0 Å². The van der Waals surface area contributed by atoms with Gasteiger partial charge in [0.15, 0.2) is 0 Å². The SMILES string of the molecule is CCCCCCC(C)(CN)NC. The van der Waals surface area contributed by atoms with E-state index in [-0.39, 0.29) is 5.54 Å². The van der Waals surface area contributed by atoms with E-state index in [4.69, 9.17) is 5.73 Å². The Bertz CT molecular complexity index is 98.0. The average Bonchev–Trinajstić information content (AvgIpc) is 2.12. The highest BCUT2D eigenvalue weighted by Gasteiger charge is 2.18. The maximum atomic E-state index is 5.67. The number of likely N-dealkylation sites (N-methyl/N-ethyl adjacent to an activating group) is 1. The Morgan fingerprint density at radius 1 is 1.25 bits per heavy atom. The molecule has 0 spiro atoms. The van der Waals surface area contributed by atoms with Crippen molar-refractivity contribution in [1.29, 1.82) is 0 Å². The fourth-order valence-electron chi connectivity index (χ4n) is 1.27. The monoisotopic (exact) mass is 172 g/mol. The van der Waals surface area contributed by atoms with Crippen LogP contribution in [0, 0.1) is 0 Å². The van der Waals surface area contributed by atoms with Crippen LogP contribution < -0.4 is 11.1 Å². The molecule has 0 radical (unpaired) electrons. The predicted molar refractivity (Wildman–Crippen MR) is 55.3 cm³/mol. The number of hydrogen-bond donors (Lipinski definition) is 2. The molecule has 0 heterocycles. The van der Waals surface area contributed by atoms with Crippen LogP contribution >= 0.6 is 0 Å². The Morgan fingerprint density at radius 3 is 2.33 bits per heavy atom. The maximum absolute atomic E-state index is 5.67. The summed E-state index contributed by atoms with van der Waals surface area (Å²) in [4.78, 5) is 0. The smallest absolute Gasteiger partial charge is 0.0272 e. The van der Waals surface area contributed by atoms with Crippen molar-refractivity contribution in [3.63, 3.8) is 0 Å². The van der Waals surface area contributed by atoms with Gasteiger partial charge < -0.3 is 11.1 Å². The topological polar surface area (TPSA) is 38.0 Å². The molecular weight excluding hydrogens is 148 g/mol. The second-order valence-electron chi connectivity index (χ2n) is 3.83. The van der Waals surface area contributed by atoms with E-state index in [0.29, 0.717) is 0 Å². The largest absolute Gasteiger partial charge is 0.329 e. The highest BCUT2D eigenvalue weighted by atomic mass is 15.0.